The molecule has 1 heterocycles. The van der Waals surface area contributed by atoms with Crippen LogP contribution in [-0.4, -0.2) is 43.0 Å². The van der Waals surface area contributed by atoms with E-state index in [-0.39, 0.29) is 0 Å². The highest BCUT2D eigenvalue weighted by molar-refractivity contribution is 5.48. The Kier molecular flexibility index (Phi) is 4.61. The SMILES string of the molecule is Cc1ccc(CN(C)CCN2CCCC2)cc1N. The van der Waals surface area contributed by atoms with Crippen LogP contribution in [0.15, 0.2) is 18.2 Å². The first-order chi connectivity index (χ1) is 8.65. The van der Waals surface area contributed by atoms with E-state index in [0.29, 0.717) is 0 Å². The summed E-state index contributed by atoms with van der Waals surface area (Å²) in [7, 11) is 2.19. The summed E-state index contributed by atoms with van der Waals surface area (Å²) in [6, 6.07) is 6.39. The van der Waals surface area contributed by atoms with E-state index in [2.05, 4.69) is 42.0 Å². The van der Waals surface area contributed by atoms with Gasteiger partial charge >= 0.3 is 0 Å². The lowest BCUT2D eigenvalue weighted by atomic mass is 10.1. The van der Waals surface area contributed by atoms with E-state index in [9.17, 15) is 0 Å². The zero-order chi connectivity index (χ0) is 13.0. The lowest BCUT2D eigenvalue weighted by Gasteiger charge is -2.21. The number of nitrogen functional groups attached to an aromatic ring is 1. The molecule has 1 saturated heterocycles. The minimum atomic E-state index is 0.903. The Balaban J connectivity index is 1.78. The van der Waals surface area contributed by atoms with Crippen LogP contribution < -0.4 is 5.73 Å². The lowest BCUT2D eigenvalue weighted by Crippen LogP contribution is -2.31. The van der Waals surface area contributed by atoms with Gasteiger partial charge in [-0.3, -0.25) is 0 Å². The van der Waals surface area contributed by atoms with Crippen molar-refractivity contribution in [3.8, 4) is 0 Å². The standard InChI is InChI=1S/C15H25N3/c1-13-5-6-14(11-15(13)16)12-17(2)9-10-18-7-3-4-8-18/h5-6,11H,3-4,7-10,12,16H2,1-2H3. The van der Waals surface area contributed by atoms with Crippen molar-refractivity contribution in [1.29, 1.82) is 0 Å². The van der Waals surface area contributed by atoms with Crippen molar-refractivity contribution >= 4 is 5.69 Å². The second-order valence-corrected chi connectivity index (χ2v) is 5.48. The van der Waals surface area contributed by atoms with Gasteiger partial charge < -0.3 is 15.5 Å². The van der Waals surface area contributed by atoms with E-state index in [1.165, 1.54) is 43.6 Å². The van der Waals surface area contributed by atoms with Crippen molar-refractivity contribution in [2.24, 2.45) is 0 Å². The second-order valence-electron chi connectivity index (χ2n) is 5.48. The van der Waals surface area contributed by atoms with Gasteiger partial charge in [0, 0.05) is 25.3 Å². The number of aryl methyl sites for hydroxylation is 1. The third-order valence-corrected chi connectivity index (χ3v) is 3.79. The van der Waals surface area contributed by atoms with E-state index in [1.54, 1.807) is 0 Å². The maximum atomic E-state index is 5.94. The van der Waals surface area contributed by atoms with Crippen LogP contribution in [0.3, 0.4) is 0 Å². The predicted octanol–water partition coefficient (Wildman–Crippen LogP) is 2.10. The molecule has 1 aliphatic heterocycles. The third kappa shape index (κ3) is 3.72. The van der Waals surface area contributed by atoms with Gasteiger partial charge in [0.15, 0.2) is 0 Å². The molecule has 0 aromatic heterocycles. The van der Waals surface area contributed by atoms with Crippen molar-refractivity contribution < 1.29 is 0 Å². The third-order valence-electron chi connectivity index (χ3n) is 3.79. The molecule has 3 heteroatoms. The topological polar surface area (TPSA) is 32.5 Å². The maximum Gasteiger partial charge on any atom is 0.0346 e. The smallest absolute Gasteiger partial charge is 0.0346 e. The Morgan fingerprint density at radius 1 is 1.28 bits per heavy atom. The number of likely N-dealkylation sites (tertiary alicyclic amines) is 1. The lowest BCUT2D eigenvalue weighted by molar-refractivity contribution is 0.252. The summed E-state index contributed by atoms with van der Waals surface area (Å²) in [5.74, 6) is 0. The summed E-state index contributed by atoms with van der Waals surface area (Å²) in [6.45, 7) is 7.93. The minimum absolute atomic E-state index is 0.903. The monoisotopic (exact) mass is 247 g/mol. The molecule has 100 valence electrons. The Bertz CT molecular complexity index is 383. The van der Waals surface area contributed by atoms with Crippen molar-refractivity contribution in [2.75, 3.05) is 39.0 Å². The van der Waals surface area contributed by atoms with Crippen LogP contribution in [0.5, 0.6) is 0 Å². The van der Waals surface area contributed by atoms with Gasteiger partial charge in [-0.2, -0.15) is 0 Å². The second kappa shape index (κ2) is 6.21. The highest BCUT2D eigenvalue weighted by atomic mass is 15.2. The van der Waals surface area contributed by atoms with Crippen molar-refractivity contribution in [3.63, 3.8) is 0 Å². The van der Waals surface area contributed by atoms with Gasteiger partial charge in [-0.1, -0.05) is 12.1 Å². The van der Waals surface area contributed by atoms with Crippen LogP contribution in [0.2, 0.25) is 0 Å². The fourth-order valence-corrected chi connectivity index (χ4v) is 2.50. The van der Waals surface area contributed by atoms with E-state index < -0.39 is 0 Å². The van der Waals surface area contributed by atoms with Crippen LogP contribution in [0.25, 0.3) is 0 Å². The number of nitrogens with two attached hydrogens (primary N) is 1. The van der Waals surface area contributed by atoms with E-state index in [1.807, 2.05) is 0 Å². The highest BCUT2D eigenvalue weighted by Crippen LogP contribution is 2.14. The predicted molar refractivity (Wildman–Crippen MR) is 77.6 cm³/mol. The van der Waals surface area contributed by atoms with Gasteiger partial charge in [-0.05, 0) is 57.1 Å². The molecule has 0 unspecified atom stereocenters. The van der Waals surface area contributed by atoms with Gasteiger partial charge in [0.1, 0.15) is 0 Å². The summed E-state index contributed by atoms with van der Waals surface area (Å²) < 4.78 is 0. The molecule has 2 N–H and O–H groups in total. The summed E-state index contributed by atoms with van der Waals surface area (Å²) in [6.07, 6.45) is 2.75. The Labute approximate surface area is 111 Å². The molecule has 0 amide bonds. The van der Waals surface area contributed by atoms with Crippen LogP contribution in [0.1, 0.15) is 24.0 Å². The molecule has 1 fully saturated rings. The van der Waals surface area contributed by atoms with Gasteiger partial charge in [0.2, 0.25) is 0 Å². The zero-order valence-electron chi connectivity index (χ0n) is 11.7. The molecule has 1 aromatic rings. The van der Waals surface area contributed by atoms with Gasteiger partial charge in [-0.15, -0.1) is 0 Å². The van der Waals surface area contributed by atoms with E-state index in [4.69, 9.17) is 5.73 Å². The highest BCUT2D eigenvalue weighted by Gasteiger charge is 2.11. The average Bonchev–Trinajstić information content (AvgIpc) is 2.84. The molecule has 1 aliphatic rings. The Morgan fingerprint density at radius 3 is 2.67 bits per heavy atom. The summed E-state index contributed by atoms with van der Waals surface area (Å²) >= 11 is 0. The molecule has 1 aromatic carbocycles. The Hall–Kier alpha value is -1.06. The molecule has 0 aliphatic carbocycles. The van der Waals surface area contributed by atoms with Crippen LogP contribution in [-0.2, 0) is 6.54 Å². The summed E-state index contributed by atoms with van der Waals surface area (Å²) in [5, 5.41) is 0. The number of hydrogen-bond acceptors (Lipinski definition) is 3. The van der Waals surface area contributed by atoms with Gasteiger partial charge in [-0.25, -0.2) is 0 Å². The molecule has 0 radical (unpaired) electrons. The average molecular weight is 247 g/mol. The largest absolute Gasteiger partial charge is 0.399 e. The van der Waals surface area contributed by atoms with Crippen LogP contribution >= 0.6 is 0 Å². The number of hydrogen-bond donors (Lipinski definition) is 1. The summed E-state index contributed by atoms with van der Waals surface area (Å²) in [5.41, 5.74) is 9.32. The molecule has 0 bridgehead atoms. The van der Waals surface area contributed by atoms with E-state index in [0.717, 1.165) is 18.8 Å². The van der Waals surface area contributed by atoms with E-state index >= 15 is 0 Å². The van der Waals surface area contributed by atoms with Crippen molar-refractivity contribution in [1.82, 2.24) is 9.80 Å². The molecule has 3 nitrogen and oxygen atoms in total. The molecular weight excluding hydrogens is 222 g/mol. The number of nitrogens with zero attached hydrogens (tertiary/aromatic N) is 2. The number of benzene rings is 1. The fraction of sp³-hybridized carbons (Fsp3) is 0.600. The maximum absolute atomic E-state index is 5.94. The Morgan fingerprint density at radius 2 is 2.00 bits per heavy atom. The van der Waals surface area contributed by atoms with Gasteiger partial charge in [0.25, 0.3) is 0 Å². The molecule has 2 rings (SSSR count). The van der Waals surface area contributed by atoms with Crippen LogP contribution in [0.4, 0.5) is 5.69 Å². The first-order valence-corrected chi connectivity index (χ1v) is 6.91. The van der Waals surface area contributed by atoms with Crippen LogP contribution in [0, 0.1) is 6.92 Å². The normalized spacial score (nSPS) is 16.6. The fourth-order valence-electron chi connectivity index (χ4n) is 2.50. The van der Waals surface area contributed by atoms with Gasteiger partial charge in [0.05, 0.1) is 0 Å². The number of anilines is 1. The number of likely N-dealkylation sites (N-methyl/N-ethyl adjacent to an activating group) is 1. The van der Waals surface area contributed by atoms with Crippen molar-refractivity contribution in [2.45, 2.75) is 26.3 Å². The first kappa shape index (κ1) is 13.4. The summed E-state index contributed by atoms with van der Waals surface area (Å²) in [4.78, 5) is 4.93. The molecule has 0 atom stereocenters. The molecule has 18 heavy (non-hydrogen) atoms. The number of rotatable bonds is 5. The minimum Gasteiger partial charge on any atom is -0.399 e. The zero-order valence-corrected chi connectivity index (χ0v) is 11.7. The van der Waals surface area contributed by atoms with Crippen molar-refractivity contribution in [3.05, 3.63) is 29.3 Å². The molecule has 0 saturated carbocycles. The molecule has 0 spiro atoms. The molecular formula is C15H25N3. The first-order valence-electron chi connectivity index (χ1n) is 6.91. The quantitative estimate of drug-likeness (QED) is 0.809.